The third kappa shape index (κ3) is 2.27. The van der Waals surface area contributed by atoms with E-state index in [4.69, 9.17) is 17.3 Å². The van der Waals surface area contributed by atoms with Crippen LogP contribution < -0.4 is 5.73 Å². The molecule has 3 aromatic rings. The predicted octanol–water partition coefficient (Wildman–Crippen LogP) is 3.42. The molecule has 4 nitrogen and oxygen atoms in total. The van der Waals surface area contributed by atoms with Crippen LogP contribution in [0.15, 0.2) is 46.6 Å². The molecule has 2 aromatic heterocycles. The highest BCUT2D eigenvalue weighted by molar-refractivity contribution is 7.99. The number of fused-ring (bicyclic) bond motifs is 1. The number of hydrogen-bond donors (Lipinski definition) is 1. The van der Waals surface area contributed by atoms with E-state index in [1.54, 1.807) is 0 Å². The molecule has 0 aliphatic rings. The highest BCUT2D eigenvalue weighted by Crippen LogP contribution is 2.33. The van der Waals surface area contributed by atoms with Gasteiger partial charge in [-0.2, -0.15) is 0 Å². The normalized spacial score (nSPS) is 11.1. The van der Waals surface area contributed by atoms with Crippen LogP contribution in [0, 0.1) is 6.92 Å². The maximum absolute atomic E-state index is 6.06. The van der Waals surface area contributed by atoms with Crippen LogP contribution in [0.2, 0.25) is 5.02 Å². The van der Waals surface area contributed by atoms with Crippen molar-refractivity contribution in [2.75, 3.05) is 5.73 Å². The number of nitrogen functional groups attached to an aromatic ring is 1. The zero-order valence-corrected chi connectivity index (χ0v) is 11.7. The number of nitrogens with two attached hydrogens (primary N) is 1. The minimum absolute atomic E-state index is 0.557. The summed E-state index contributed by atoms with van der Waals surface area (Å²) >= 11 is 7.59. The zero-order chi connectivity index (χ0) is 13.4. The van der Waals surface area contributed by atoms with Gasteiger partial charge in [-0.3, -0.25) is 4.40 Å². The third-order valence-electron chi connectivity index (χ3n) is 2.78. The summed E-state index contributed by atoms with van der Waals surface area (Å²) in [5.41, 5.74) is 8.26. The van der Waals surface area contributed by atoms with Crippen molar-refractivity contribution in [3.63, 3.8) is 0 Å². The van der Waals surface area contributed by atoms with Crippen molar-refractivity contribution in [1.82, 2.24) is 14.6 Å². The molecule has 0 aliphatic heterocycles. The zero-order valence-electron chi connectivity index (χ0n) is 10.2. The SMILES string of the molecule is Cc1cc(N)c(Cl)cc1Sc1nnc2ccccn12. The molecule has 0 fully saturated rings. The summed E-state index contributed by atoms with van der Waals surface area (Å²) in [5.74, 6) is 0. The Hall–Kier alpha value is -1.72. The highest BCUT2D eigenvalue weighted by atomic mass is 35.5. The molecule has 0 atom stereocenters. The molecule has 0 bridgehead atoms. The second-order valence-corrected chi connectivity index (χ2v) is 5.57. The fourth-order valence-corrected chi connectivity index (χ4v) is 2.94. The molecular formula is C13H11ClN4S. The first kappa shape index (κ1) is 12.3. The summed E-state index contributed by atoms with van der Waals surface area (Å²) in [6, 6.07) is 9.53. The summed E-state index contributed by atoms with van der Waals surface area (Å²) < 4.78 is 1.94. The van der Waals surface area contributed by atoms with E-state index in [0.717, 1.165) is 21.3 Å². The van der Waals surface area contributed by atoms with E-state index in [1.807, 2.05) is 47.9 Å². The first-order valence-electron chi connectivity index (χ1n) is 5.68. The van der Waals surface area contributed by atoms with E-state index < -0.39 is 0 Å². The van der Waals surface area contributed by atoms with Gasteiger partial charge in [0.1, 0.15) is 0 Å². The lowest BCUT2D eigenvalue weighted by Crippen LogP contribution is -1.91. The van der Waals surface area contributed by atoms with Crippen molar-refractivity contribution in [2.24, 2.45) is 0 Å². The van der Waals surface area contributed by atoms with Gasteiger partial charge in [0.2, 0.25) is 0 Å². The fourth-order valence-electron chi connectivity index (χ4n) is 1.78. The summed E-state index contributed by atoms with van der Waals surface area (Å²) in [4.78, 5) is 1.03. The van der Waals surface area contributed by atoms with Crippen LogP contribution in [0.5, 0.6) is 0 Å². The van der Waals surface area contributed by atoms with Crippen molar-refractivity contribution in [2.45, 2.75) is 17.0 Å². The first-order chi connectivity index (χ1) is 9.15. The van der Waals surface area contributed by atoms with Crippen molar-refractivity contribution >= 4 is 34.7 Å². The Morgan fingerprint density at radius 3 is 2.95 bits per heavy atom. The number of halogens is 1. The van der Waals surface area contributed by atoms with Gasteiger partial charge in [0.05, 0.1) is 10.7 Å². The van der Waals surface area contributed by atoms with E-state index in [2.05, 4.69) is 10.2 Å². The number of nitrogens with zero attached hydrogens (tertiary/aromatic N) is 3. The lowest BCUT2D eigenvalue weighted by Gasteiger charge is -2.07. The summed E-state index contributed by atoms with van der Waals surface area (Å²) in [7, 11) is 0. The molecule has 2 N–H and O–H groups in total. The molecular weight excluding hydrogens is 280 g/mol. The number of anilines is 1. The predicted molar refractivity (Wildman–Crippen MR) is 77.7 cm³/mol. The van der Waals surface area contributed by atoms with Gasteiger partial charge in [-0.05, 0) is 48.5 Å². The number of benzene rings is 1. The lowest BCUT2D eigenvalue weighted by molar-refractivity contribution is 0.921. The Morgan fingerprint density at radius 1 is 1.26 bits per heavy atom. The van der Waals surface area contributed by atoms with Gasteiger partial charge in [0, 0.05) is 11.1 Å². The fraction of sp³-hybridized carbons (Fsp3) is 0.0769. The highest BCUT2D eigenvalue weighted by Gasteiger charge is 2.10. The van der Waals surface area contributed by atoms with E-state index in [0.29, 0.717) is 10.7 Å². The van der Waals surface area contributed by atoms with Crippen molar-refractivity contribution < 1.29 is 0 Å². The van der Waals surface area contributed by atoms with Crippen LogP contribution >= 0.6 is 23.4 Å². The molecule has 1 aromatic carbocycles. The Balaban J connectivity index is 2.04. The van der Waals surface area contributed by atoms with Gasteiger partial charge in [0.15, 0.2) is 10.8 Å². The van der Waals surface area contributed by atoms with Gasteiger partial charge >= 0.3 is 0 Å². The van der Waals surface area contributed by atoms with Crippen LogP contribution in [-0.4, -0.2) is 14.6 Å². The Kier molecular flexibility index (Phi) is 3.08. The monoisotopic (exact) mass is 290 g/mol. The molecule has 0 spiro atoms. The van der Waals surface area contributed by atoms with E-state index in [-0.39, 0.29) is 0 Å². The molecule has 19 heavy (non-hydrogen) atoms. The van der Waals surface area contributed by atoms with Crippen LogP contribution in [-0.2, 0) is 0 Å². The van der Waals surface area contributed by atoms with Gasteiger partial charge in [-0.25, -0.2) is 0 Å². The number of aryl methyl sites for hydroxylation is 1. The average molecular weight is 291 g/mol. The molecule has 2 heterocycles. The number of aromatic nitrogens is 3. The molecule has 3 rings (SSSR count). The summed E-state index contributed by atoms with van der Waals surface area (Å²) in [6.45, 7) is 2.00. The largest absolute Gasteiger partial charge is 0.398 e. The standard InChI is InChI=1S/C13H11ClN4S/c1-8-6-10(15)9(14)7-11(8)19-13-17-16-12-4-2-3-5-18(12)13/h2-7H,15H2,1H3. The molecule has 0 amide bonds. The quantitative estimate of drug-likeness (QED) is 0.735. The van der Waals surface area contributed by atoms with Gasteiger partial charge in [-0.15, -0.1) is 10.2 Å². The second kappa shape index (κ2) is 4.75. The Labute approximate surface area is 119 Å². The topological polar surface area (TPSA) is 56.2 Å². The molecule has 0 saturated heterocycles. The molecule has 0 radical (unpaired) electrons. The maximum Gasteiger partial charge on any atom is 0.200 e. The summed E-state index contributed by atoms with van der Waals surface area (Å²) in [5, 5.41) is 9.67. The molecule has 0 unspecified atom stereocenters. The van der Waals surface area contributed by atoms with Crippen LogP contribution in [0.3, 0.4) is 0 Å². The average Bonchev–Trinajstić information content (AvgIpc) is 2.80. The van der Waals surface area contributed by atoms with Gasteiger partial charge in [0.25, 0.3) is 0 Å². The molecule has 96 valence electrons. The minimum Gasteiger partial charge on any atom is -0.398 e. The van der Waals surface area contributed by atoms with Gasteiger partial charge in [-0.1, -0.05) is 17.7 Å². The Bertz CT molecular complexity index is 753. The van der Waals surface area contributed by atoms with Crippen molar-refractivity contribution in [1.29, 1.82) is 0 Å². The third-order valence-corrected chi connectivity index (χ3v) is 4.23. The number of pyridine rings is 1. The first-order valence-corrected chi connectivity index (χ1v) is 6.88. The lowest BCUT2D eigenvalue weighted by atomic mass is 10.2. The number of rotatable bonds is 2. The van der Waals surface area contributed by atoms with E-state index >= 15 is 0 Å². The summed E-state index contributed by atoms with van der Waals surface area (Å²) in [6.07, 6.45) is 1.94. The minimum atomic E-state index is 0.557. The smallest absolute Gasteiger partial charge is 0.200 e. The molecule has 0 aliphatic carbocycles. The molecule has 0 saturated carbocycles. The van der Waals surface area contributed by atoms with Crippen LogP contribution in [0.4, 0.5) is 5.69 Å². The van der Waals surface area contributed by atoms with Gasteiger partial charge < -0.3 is 5.73 Å². The van der Waals surface area contributed by atoms with Crippen LogP contribution in [0.25, 0.3) is 5.65 Å². The van der Waals surface area contributed by atoms with Crippen LogP contribution in [0.1, 0.15) is 5.56 Å². The van der Waals surface area contributed by atoms with Crippen molar-refractivity contribution in [3.8, 4) is 0 Å². The Morgan fingerprint density at radius 2 is 2.11 bits per heavy atom. The maximum atomic E-state index is 6.06. The second-order valence-electron chi connectivity index (χ2n) is 4.15. The van der Waals surface area contributed by atoms with Crippen molar-refractivity contribution in [3.05, 3.63) is 47.1 Å². The molecule has 6 heteroatoms. The number of hydrogen-bond acceptors (Lipinski definition) is 4. The van der Waals surface area contributed by atoms with E-state index in [9.17, 15) is 0 Å². The van der Waals surface area contributed by atoms with E-state index in [1.165, 1.54) is 11.8 Å².